The van der Waals surface area contributed by atoms with Crippen LogP contribution in [0.4, 0.5) is 0 Å². The monoisotopic (exact) mass is 347 g/mol. The summed E-state index contributed by atoms with van der Waals surface area (Å²) in [6.45, 7) is 8.16. The number of aromatic nitrogens is 1. The summed E-state index contributed by atoms with van der Waals surface area (Å²) in [5, 5.41) is 12.5. The average molecular weight is 347 g/mol. The Labute approximate surface area is 149 Å². The SMILES string of the molecule is CC(C)C[C@](C)(NCc1cc(C(=O)O)ccn1)C(=O)N1CCCCC1. The molecule has 0 aliphatic carbocycles. The fourth-order valence-electron chi connectivity index (χ4n) is 3.49. The summed E-state index contributed by atoms with van der Waals surface area (Å²) in [6.07, 6.45) is 5.52. The Balaban J connectivity index is 2.12. The molecule has 1 amide bonds. The van der Waals surface area contributed by atoms with Crippen molar-refractivity contribution < 1.29 is 14.7 Å². The zero-order valence-electron chi connectivity index (χ0n) is 15.4. The van der Waals surface area contributed by atoms with Crippen molar-refractivity contribution >= 4 is 11.9 Å². The van der Waals surface area contributed by atoms with Crippen molar-refractivity contribution in [3.05, 3.63) is 29.6 Å². The third kappa shape index (κ3) is 5.26. The van der Waals surface area contributed by atoms with Gasteiger partial charge in [0, 0.05) is 25.8 Å². The molecule has 2 rings (SSSR count). The van der Waals surface area contributed by atoms with Gasteiger partial charge < -0.3 is 10.0 Å². The highest BCUT2D eigenvalue weighted by Crippen LogP contribution is 2.22. The van der Waals surface area contributed by atoms with E-state index in [9.17, 15) is 9.59 Å². The fourth-order valence-corrected chi connectivity index (χ4v) is 3.49. The lowest BCUT2D eigenvalue weighted by Gasteiger charge is -2.38. The van der Waals surface area contributed by atoms with E-state index in [2.05, 4.69) is 24.1 Å². The molecule has 1 atom stereocenters. The number of pyridine rings is 1. The number of nitrogens with zero attached hydrogens (tertiary/aromatic N) is 2. The van der Waals surface area contributed by atoms with E-state index in [1.54, 1.807) is 6.07 Å². The molecule has 0 radical (unpaired) electrons. The number of likely N-dealkylation sites (tertiary alicyclic amines) is 1. The van der Waals surface area contributed by atoms with Crippen LogP contribution in [0.2, 0.25) is 0 Å². The summed E-state index contributed by atoms with van der Waals surface area (Å²) in [7, 11) is 0. The van der Waals surface area contributed by atoms with Crippen LogP contribution in [-0.2, 0) is 11.3 Å². The van der Waals surface area contributed by atoms with Gasteiger partial charge in [0.05, 0.1) is 16.8 Å². The second-order valence-electron chi connectivity index (χ2n) is 7.48. The van der Waals surface area contributed by atoms with Crippen molar-refractivity contribution in [1.82, 2.24) is 15.2 Å². The molecule has 6 heteroatoms. The van der Waals surface area contributed by atoms with Gasteiger partial charge in [-0.3, -0.25) is 15.1 Å². The number of carbonyl (C=O) groups is 2. The Hall–Kier alpha value is -1.95. The number of carboxylic acids is 1. The molecule has 0 spiro atoms. The molecule has 6 nitrogen and oxygen atoms in total. The van der Waals surface area contributed by atoms with Crippen LogP contribution in [0.5, 0.6) is 0 Å². The fraction of sp³-hybridized carbons (Fsp3) is 0.632. The highest BCUT2D eigenvalue weighted by Gasteiger charge is 2.37. The first-order valence-electron chi connectivity index (χ1n) is 9.04. The molecule has 0 aromatic carbocycles. The van der Waals surface area contributed by atoms with Crippen LogP contribution < -0.4 is 5.32 Å². The minimum atomic E-state index is -0.974. The highest BCUT2D eigenvalue weighted by molar-refractivity contribution is 5.87. The third-order valence-electron chi connectivity index (χ3n) is 4.65. The van der Waals surface area contributed by atoms with Gasteiger partial charge in [0.2, 0.25) is 5.91 Å². The first-order chi connectivity index (χ1) is 11.8. The molecule has 1 aromatic heterocycles. The predicted molar refractivity (Wildman–Crippen MR) is 96.3 cm³/mol. The third-order valence-corrected chi connectivity index (χ3v) is 4.65. The zero-order valence-corrected chi connectivity index (χ0v) is 15.4. The quantitative estimate of drug-likeness (QED) is 0.792. The normalized spacial score (nSPS) is 17.4. The number of piperidine rings is 1. The van der Waals surface area contributed by atoms with Gasteiger partial charge in [0.15, 0.2) is 0 Å². The molecular formula is C19H29N3O3. The standard InChI is InChI=1S/C19H29N3O3/c1-14(2)12-19(3,18(25)22-9-5-4-6-10-22)21-13-16-11-15(17(23)24)7-8-20-16/h7-8,11,14,21H,4-6,9-10,12-13H2,1-3H3,(H,23,24)/t19-/m0/s1. The maximum atomic E-state index is 13.1. The van der Waals surface area contributed by atoms with Crippen LogP contribution in [0.3, 0.4) is 0 Å². The Bertz CT molecular complexity index is 612. The second kappa shape index (κ2) is 8.43. The maximum Gasteiger partial charge on any atom is 0.335 e. The van der Waals surface area contributed by atoms with Crippen LogP contribution in [0, 0.1) is 5.92 Å². The molecule has 1 aliphatic heterocycles. The summed E-state index contributed by atoms with van der Waals surface area (Å²) in [5.74, 6) is -0.474. The number of hydrogen-bond donors (Lipinski definition) is 2. The van der Waals surface area contributed by atoms with Crippen LogP contribution >= 0.6 is 0 Å². The van der Waals surface area contributed by atoms with Crippen molar-refractivity contribution in [3.63, 3.8) is 0 Å². The second-order valence-corrected chi connectivity index (χ2v) is 7.48. The largest absolute Gasteiger partial charge is 0.478 e. The molecule has 2 heterocycles. The summed E-state index contributed by atoms with van der Waals surface area (Å²) in [4.78, 5) is 30.4. The van der Waals surface area contributed by atoms with E-state index in [-0.39, 0.29) is 11.5 Å². The lowest BCUT2D eigenvalue weighted by Crippen LogP contribution is -2.57. The van der Waals surface area contributed by atoms with Crippen molar-refractivity contribution in [2.24, 2.45) is 5.92 Å². The van der Waals surface area contributed by atoms with Crippen LogP contribution in [0.1, 0.15) is 62.5 Å². The van der Waals surface area contributed by atoms with Gasteiger partial charge in [-0.15, -0.1) is 0 Å². The molecule has 1 saturated heterocycles. The number of rotatable bonds is 7. The Morgan fingerprint density at radius 1 is 1.32 bits per heavy atom. The van der Waals surface area contributed by atoms with E-state index in [0.29, 0.717) is 18.2 Å². The average Bonchev–Trinajstić information content (AvgIpc) is 2.60. The van der Waals surface area contributed by atoms with E-state index < -0.39 is 11.5 Å². The summed E-state index contributed by atoms with van der Waals surface area (Å²) < 4.78 is 0. The summed E-state index contributed by atoms with van der Waals surface area (Å²) >= 11 is 0. The van der Waals surface area contributed by atoms with Gasteiger partial charge in [-0.25, -0.2) is 4.79 Å². The molecule has 2 N–H and O–H groups in total. The van der Waals surface area contributed by atoms with Gasteiger partial charge in [-0.2, -0.15) is 0 Å². The topological polar surface area (TPSA) is 82.5 Å². The van der Waals surface area contributed by atoms with Gasteiger partial charge in [0.1, 0.15) is 0 Å². The lowest BCUT2D eigenvalue weighted by molar-refractivity contribution is -0.139. The molecule has 1 fully saturated rings. The predicted octanol–water partition coefficient (Wildman–Crippen LogP) is 2.69. The van der Waals surface area contributed by atoms with Crippen molar-refractivity contribution in [2.75, 3.05) is 13.1 Å². The van der Waals surface area contributed by atoms with E-state index in [4.69, 9.17) is 5.11 Å². The molecular weight excluding hydrogens is 318 g/mol. The molecule has 25 heavy (non-hydrogen) atoms. The van der Waals surface area contributed by atoms with E-state index in [1.165, 1.54) is 18.7 Å². The molecule has 0 bridgehead atoms. The van der Waals surface area contributed by atoms with Crippen LogP contribution in [0.15, 0.2) is 18.3 Å². The van der Waals surface area contributed by atoms with E-state index >= 15 is 0 Å². The van der Waals surface area contributed by atoms with Crippen molar-refractivity contribution in [2.45, 2.75) is 58.5 Å². The maximum absolute atomic E-state index is 13.1. The van der Waals surface area contributed by atoms with Crippen molar-refractivity contribution in [1.29, 1.82) is 0 Å². The number of hydrogen-bond acceptors (Lipinski definition) is 4. The van der Waals surface area contributed by atoms with Crippen molar-refractivity contribution in [3.8, 4) is 0 Å². The van der Waals surface area contributed by atoms with E-state index in [0.717, 1.165) is 32.4 Å². The summed E-state index contributed by atoms with van der Waals surface area (Å²) in [6, 6.07) is 3.02. The van der Waals surface area contributed by atoms with Crippen LogP contribution in [-0.4, -0.2) is 45.5 Å². The van der Waals surface area contributed by atoms with Gasteiger partial charge >= 0.3 is 5.97 Å². The number of nitrogens with one attached hydrogen (secondary N) is 1. The Kier molecular flexibility index (Phi) is 6.53. The highest BCUT2D eigenvalue weighted by atomic mass is 16.4. The number of carboxylic acid groups (broad SMARTS) is 1. The number of amides is 1. The molecule has 0 unspecified atom stereocenters. The molecule has 1 aliphatic rings. The smallest absolute Gasteiger partial charge is 0.335 e. The summed E-state index contributed by atoms with van der Waals surface area (Å²) in [5.41, 5.74) is 0.160. The minimum Gasteiger partial charge on any atom is -0.478 e. The zero-order chi connectivity index (χ0) is 18.4. The Morgan fingerprint density at radius 3 is 2.60 bits per heavy atom. The van der Waals surface area contributed by atoms with E-state index in [1.807, 2.05) is 11.8 Å². The first-order valence-corrected chi connectivity index (χ1v) is 9.04. The molecule has 138 valence electrons. The molecule has 0 saturated carbocycles. The first kappa shape index (κ1) is 19.4. The van der Waals surface area contributed by atoms with Gasteiger partial charge in [-0.1, -0.05) is 13.8 Å². The van der Waals surface area contributed by atoms with Gasteiger partial charge in [-0.05, 0) is 50.7 Å². The van der Waals surface area contributed by atoms with Gasteiger partial charge in [0.25, 0.3) is 0 Å². The van der Waals surface area contributed by atoms with Crippen LogP contribution in [0.25, 0.3) is 0 Å². The lowest BCUT2D eigenvalue weighted by atomic mass is 9.88. The molecule has 1 aromatic rings. The number of carbonyl (C=O) groups excluding carboxylic acids is 1. The minimum absolute atomic E-state index is 0.135. The Morgan fingerprint density at radius 2 is 2.00 bits per heavy atom. The number of aromatic carboxylic acids is 1.